The third-order valence-electron chi connectivity index (χ3n) is 4.93. The second kappa shape index (κ2) is 6.01. The van der Waals surface area contributed by atoms with Crippen LogP contribution in [0.1, 0.15) is 76.9 Å². The number of aromatic nitrogens is 2. The predicted molar refractivity (Wildman–Crippen MR) is 83.5 cm³/mol. The van der Waals surface area contributed by atoms with Crippen LogP contribution in [0, 0.1) is 5.92 Å². The summed E-state index contributed by atoms with van der Waals surface area (Å²) in [5, 5.41) is 4.14. The topological polar surface area (TPSA) is 59.2 Å². The van der Waals surface area contributed by atoms with Gasteiger partial charge in [0.25, 0.3) is 0 Å². The highest BCUT2D eigenvalue weighted by Gasteiger charge is 2.38. The zero-order valence-electron chi connectivity index (χ0n) is 14.0. The van der Waals surface area contributed by atoms with Crippen LogP contribution < -0.4 is 0 Å². The van der Waals surface area contributed by atoms with Crippen molar-refractivity contribution < 1.29 is 9.32 Å². The van der Waals surface area contributed by atoms with Crippen molar-refractivity contribution in [2.24, 2.45) is 5.92 Å². The fourth-order valence-corrected chi connectivity index (χ4v) is 3.58. The predicted octanol–water partition coefficient (Wildman–Crippen LogP) is 3.26. The Morgan fingerprint density at radius 3 is 2.45 bits per heavy atom. The SMILES string of the molecule is CC(C)(C)c1noc([C@@H]2CCCC[C@@H]2C(=O)N2CCCC2)n1. The largest absolute Gasteiger partial charge is 0.342 e. The molecule has 22 heavy (non-hydrogen) atoms. The number of amides is 1. The van der Waals surface area contributed by atoms with Crippen molar-refractivity contribution in [3.8, 4) is 0 Å². The van der Waals surface area contributed by atoms with Gasteiger partial charge < -0.3 is 9.42 Å². The van der Waals surface area contributed by atoms with E-state index < -0.39 is 0 Å². The van der Waals surface area contributed by atoms with Gasteiger partial charge >= 0.3 is 0 Å². The first-order chi connectivity index (χ1) is 10.5. The smallest absolute Gasteiger partial charge is 0.230 e. The molecule has 1 amide bonds. The first-order valence-electron chi connectivity index (χ1n) is 8.59. The Kier molecular flexibility index (Phi) is 4.24. The summed E-state index contributed by atoms with van der Waals surface area (Å²) in [5.74, 6) is 1.84. The minimum absolute atomic E-state index is 0.0279. The molecule has 2 heterocycles. The normalized spacial score (nSPS) is 26.4. The summed E-state index contributed by atoms with van der Waals surface area (Å²) in [5.41, 5.74) is -0.120. The van der Waals surface area contributed by atoms with Crippen LogP contribution in [0.15, 0.2) is 4.52 Å². The highest BCUT2D eigenvalue weighted by Crippen LogP contribution is 2.39. The maximum absolute atomic E-state index is 12.8. The van der Waals surface area contributed by atoms with E-state index in [4.69, 9.17) is 4.52 Å². The minimum atomic E-state index is -0.120. The maximum atomic E-state index is 12.8. The third kappa shape index (κ3) is 3.03. The molecule has 1 aromatic rings. The third-order valence-corrected chi connectivity index (χ3v) is 4.93. The van der Waals surface area contributed by atoms with E-state index in [1.165, 1.54) is 0 Å². The summed E-state index contributed by atoms with van der Waals surface area (Å²) in [6.45, 7) is 8.07. The number of nitrogens with zero attached hydrogens (tertiary/aromatic N) is 3. The van der Waals surface area contributed by atoms with Gasteiger partial charge in [0.15, 0.2) is 5.82 Å². The number of likely N-dealkylation sites (tertiary alicyclic amines) is 1. The summed E-state index contributed by atoms with van der Waals surface area (Å²) in [7, 11) is 0. The van der Waals surface area contributed by atoms with Crippen molar-refractivity contribution in [1.82, 2.24) is 15.0 Å². The van der Waals surface area contributed by atoms with Gasteiger partial charge in [-0.25, -0.2) is 0 Å². The van der Waals surface area contributed by atoms with Gasteiger partial charge in [-0.1, -0.05) is 38.8 Å². The quantitative estimate of drug-likeness (QED) is 0.841. The summed E-state index contributed by atoms with van der Waals surface area (Å²) in [6, 6.07) is 0. The number of hydrogen-bond donors (Lipinski definition) is 0. The van der Waals surface area contributed by atoms with E-state index in [1.54, 1.807) is 0 Å². The highest BCUT2D eigenvalue weighted by molar-refractivity contribution is 5.80. The van der Waals surface area contributed by atoms with Gasteiger partial charge in [0.1, 0.15) is 0 Å². The van der Waals surface area contributed by atoms with Gasteiger partial charge in [0, 0.05) is 24.4 Å². The molecule has 3 rings (SSSR count). The summed E-state index contributed by atoms with van der Waals surface area (Å²) < 4.78 is 5.54. The zero-order chi connectivity index (χ0) is 15.7. The minimum Gasteiger partial charge on any atom is -0.342 e. The van der Waals surface area contributed by atoms with Crippen LogP contribution in [0.4, 0.5) is 0 Å². The van der Waals surface area contributed by atoms with Crippen LogP contribution in [-0.2, 0) is 10.2 Å². The molecular weight excluding hydrogens is 278 g/mol. The average Bonchev–Trinajstić information content (AvgIpc) is 3.17. The van der Waals surface area contributed by atoms with E-state index in [9.17, 15) is 4.79 Å². The van der Waals surface area contributed by atoms with Crippen LogP contribution in [0.25, 0.3) is 0 Å². The second-order valence-corrected chi connectivity index (χ2v) is 7.74. The van der Waals surface area contributed by atoms with Crippen molar-refractivity contribution in [3.05, 3.63) is 11.7 Å². The van der Waals surface area contributed by atoms with Crippen LogP contribution >= 0.6 is 0 Å². The van der Waals surface area contributed by atoms with E-state index in [-0.39, 0.29) is 17.3 Å². The van der Waals surface area contributed by atoms with Crippen LogP contribution in [0.2, 0.25) is 0 Å². The molecule has 0 aromatic carbocycles. The maximum Gasteiger partial charge on any atom is 0.230 e. The van der Waals surface area contributed by atoms with Crippen molar-refractivity contribution in [3.63, 3.8) is 0 Å². The van der Waals surface area contributed by atoms with Gasteiger partial charge in [-0.15, -0.1) is 0 Å². The lowest BCUT2D eigenvalue weighted by atomic mass is 9.78. The number of hydrogen-bond acceptors (Lipinski definition) is 4. The van der Waals surface area contributed by atoms with Gasteiger partial charge in [0.2, 0.25) is 11.8 Å². The molecule has 1 aliphatic carbocycles. The van der Waals surface area contributed by atoms with Gasteiger partial charge in [-0.2, -0.15) is 4.98 Å². The molecular formula is C17H27N3O2. The van der Waals surface area contributed by atoms with E-state index in [2.05, 4.69) is 30.9 Å². The van der Waals surface area contributed by atoms with Crippen molar-refractivity contribution in [2.45, 2.75) is 70.6 Å². The van der Waals surface area contributed by atoms with Crippen molar-refractivity contribution >= 4 is 5.91 Å². The van der Waals surface area contributed by atoms with Crippen molar-refractivity contribution in [1.29, 1.82) is 0 Å². The Hall–Kier alpha value is -1.39. The molecule has 0 radical (unpaired) electrons. The lowest BCUT2D eigenvalue weighted by Crippen LogP contribution is -2.38. The van der Waals surface area contributed by atoms with E-state index >= 15 is 0 Å². The highest BCUT2D eigenvalue weighted by atomic mass is 16.5. The van der Waals surface area contributed by atoms with Crippen LogP contribution in [0.5, 0.6) is 0 Å². The Morgan fingerprint density at radius 1 is 1.14 bits per heavy atom. The molecule has 122 valence electrons. The Balaban J connectivity index is 1.80. The lowest BCUT2D eigenvalue weighted by molar-refractivity contribution is -0.136. The monoisotopic (exact) mass is 305 g/mol. The standard InChI is InChI=1S/C17H27N3O2/c1-17(2,3)16-18-14(22-19-16)12-8-4-5-9-13(12)15(21)20-10-6-7-11-20/h12-13H,4-11H2,1-3H3/t12-,13+/m1/s1. The number of carbonyl (C=O) groups is 1. The molecule has 1 aromatic heterocycles. The van der Waals surface area contributed by atoms with Crippen LogP contribution in [0.3, 0.4) is 0 Å². The van der Waals surface area contributed by atoms with Gasteiger partial charge in [-0.05, 0) is 25.7 Å². The second-order valence-electron chi connectivity index (χ2n) is 7.74. The van der Waals surface area contributed by atoms with Gasteiger partial charge in [0.05, 0.1) is 5.92 Å². The molecule has 2 atom stereocenters. The molecule has 2 aliphatic rings. The Labute approximate surface area is 132 Å². The summed E-state index contributed by atoms with van der Waals surface area (Å²) in [6.07, 6.45) is 6.47. The van der Waals surface area contributed by atoms with Crippen LogP contribution in [-0.4, -0.2) is 34.0 Å². The van der Waals surface area contributed by atoms with E-state index in [0.717, 1.165) is 57.4 Å². The molecule has 5 heteroatoms. The zero-order valence-corrected chi connectivity index (χ0v) is 14.0. The summed E-state index contributed by atoms with van der Waals surface area (Å²) >= 11 is 0. The fourth-order valence-electron chi connectivity index (χ4n) is 3.58. The summed E-state index contributed by atoms with van der Waals surface area (Å²) in [4.78, 5) is 19.5. The van der Waals surface area contributed by atoms with E-state index in [0.29, 0.717) is 11.8 Å². The molecule has 1 aliphatic heterocycles. The first-order valence-corrected chi connectivity index (χ1v) is 8.59. The first kappa shape index (κ1) is 15.5. The molecule has 1 saturated heterocycles. The number of rotatable bonds is 2. The Morgan fingerprint density at radius 2 is 1.82 bits per heavy atom. The fraction of sp³-hybridized carbons (Fsp3) is 0.824. The lowest BCUT2D eigenvalue weighted by Gasteiger charge is -2.31. The average molecular weight is 305 g/mol. The molecule has 5 nitrogen and oxygen atoms in total. The molecule has 0 spiro atoms. The number of carbonyl (C=O) groups excluding carboxylic acids is 1. The van der Waals surface area contributed by atoms with Crippen molar-refractivity contribution in [2.75, 3.05) is 13.1 Å². The molecule has 0 N–H and O–H groups in total. The molecule has 1 saturated carbocycles. The van der Waals surface area contributed by atoms with Gasteiger partial charge in [-0.3, -0.25) is 4.79 Å². The molecule has 0 bridgehead atoms. The Bertz CT molecular complexity index is 526. The molecule has 2 fully saturated rings. The molecule has 0 unspecified atom stereocenters. The van der Waals surface area contributed by atoms with E-state index in [1.807, 2.05) is 4.90 Å².